The van der Waals surface area contributed by atoms with Crippen molar-refractivity contribution in [3.63, 3.8) is 0 Å². The molecule has 38 heavy (non-hydrogen) atoms. The summed E-state index contributed by atoms with van der Waals surface area (Å²) in [4.78, 5) is 64.2. The third-order valence-electron chi connectivity index (χ3n) is 5.50. The van der Waals surface area contributed by atoms with Crippen molar-refractivity contribution in [2.24, 2.45) is 0 Å². The third kappa shape index (κ3) is 10.9. The molecule has 0 aliphatic rings. The van der Waals surface area contributed by atoms with Crippen LogP contribution in [0.1, 0.15) is 56.0 Å². The van der Waals surface area contributed by atoms with Crippen molar-refractivity contribution in [2.45, 2.75) is 58.1 Å². The maximum absolute atomic E-state index is 13.2. The summed E-state index contributed by atoms with van der Waals surface area (Å²) in [5.41, 5.74) is 0.530. The summed E-state index contributed by atoms with van der Waals surface area (Å²) in [7, 11) is 1.23. The minimum absolute atomic E-state index is 0.0584. The molecule has 0 aliphatic heterocycles. The summed E-state index contributed by atoms with van der Waals surface area (Å²) < 4.78 is 9.94. The number of esters is 2. The first-order chi connectivity index (χ1) is 18.0. The lowest BCUT2D eigenvalue weighted by molar-refractivity contribution is -0.159. The number of ether oxygens (including phenoxy) is 2. The molecule has 0 heterocycles. The van der Waals surface area contributed by atoms with Gasteiger partial charge in [-0.15, -0.1) is 0 Å². The van der Waals surface area contributed by atoms with E-state index in [1.165, 1.54) is 12.0 Å². The smallest absolute Gasteiger partial charge is 0.326 e. The second kappa shape index (κ2) is 14.7. The van der Waals surface area contributed by atoms with E-state index in [-0.39, 0.29) is 44.6 Å². The van der Waals surface area contributed by atoms with Gasteiger partial charge in [0, 0.05) is 24.9 Å². The minimum Gasteiger partial charge on any atom is -0.469 e. The van der Waals surface area contributed by atoms with Crippen LogP contribution in [0.4, 0.5) is 0 Å². The van der Waals surface area contributed by atoms with Crippen LogP contribution in [0, 0.1) is 0 Å². The number of Topliss-reactive ketones (excluding diaryl/α,β-unsaturated/α-hetero) is 1. The SMILES string of the molecule is COC(=O)CCN(CC(=O)OC(C)(C)C)C(=O)CCC(=O)C(Cc1ccccc1)NC(=O)c1ccccc1. The van der Waals surface area contributed by atoms with Gasteiger partial charge in [0.15, 0.2) is 5.78 Å². The van der Waals surface area contributed by atoms with Crippen LogP contribution < -0.4 is 5.32 Å². The molecule has 0 aromatic heterocycles. The molecule has 0 spiro atoms. The Kier molecular flexibility index (Phi) is 11.7. The first-order valence-electron chi connectivity index (χ1n) is 12.5. The number of amides is 2. The largest absolute Gasteiger partial charge is 0.469 e. The maximum atomic E-state index is 13.2. The number of carbonyl (C=O) groups is 5. The van der Waals surface area contributed by atoms with E-state index >= 15 is 0 Å². The average molecular weight is 525 g/mol. The van der Waals surface area contributed by atoms with E-state index in [4.69, 9.17) is 4.74 Å². The fraction of sp³-hybridized carbons (Fsp3) is 0.414. The van der Waals surface area contributed by atoms with Gasteiger partial charge < -0.3 is 19.7 Å². The topological polar surface area (TPSA) is 119 Å². The maximum Gasteiger partial charge on any atom is 0.326 e. The number of rotatable bonds is 13. The number of ketones is 1. The van der Waals surface area contributed by atoms with Crippen LogP contribution in [0.2, 0.25) is 0 Å². The Balaban J connectivity index is 2.10. The summed E-state index contributed by atoms with van der Waals surface area (Å²) in [6, 6.07) is 17.0. The van der Waals surface area contributed by atoms with Gasteiger partial charge in [-0.25, -0.2) is 0 Å². The van der Waals surface area contributed by atoms with E-state index in [2.05, 4.69) is 10.1 Å². The van der Waals surface area contributed by atoms with Crippen LogP contribution in [0.3, 0.4) is 0 Å². The molecule has 2 aromatic carbocycles. The van der Waals surface area contributed by atoms with Gasteiger partial charge in [0.1, 0.15) is 12.1 Å². The van der Waals surface area contributed by atoms with Gasteiger partial charge in [-0.3, -0.25) is 24.0 Å². The van der Waals surface area contributed by atoms with E-state index in [9.17, 15) is 24.0 Å². The van der Waals surface area contributed by atoms with Gasteiger partial charge in [0.25, 0.3) is 5.91 Å². The average Bonchev–Trinajstić information content (AvgIpc) is 2.88. The van der Waals surface area contributed by atoms with Crippen LogP contribution in [-0.2, 0) is 35.1 Å². The lowest BCUT2D eigenvalue weighted by Crippen LogP contribution is -2.43. The minimum atomic E-state index is -0.854. The molecule has 0 radical (unpaired) electrons. The van der Waals surface area contributed by atoms with Crippen LogP contribution in [0.5, 0.6) is 0 Å². The van der Waals surface area contributed by atoms with E-state index < -0.39 is 35.4 Å². The number of methoxy groups -OCH3 is 1. The van der Waals surface area contributed by atoms with Gasteiger partial charge >= 0.3 is 11.9 Å². The number of nitrogens with one attached hydrogen (secondary N) is 1. The van der Waals surface area contributed by atoms with Crippen molar-refractivity contribution in [3.8, 4) is 0 Å². The summed E-state index contributed by atoms with van der Waals surface area (Å²) in [5, 5.41) is 2.79. The van der Waals surface area contributed by atoms with Gasteiger partial charge in [-0.05, 0) is 44.9 Å². The molecule has 0 bridgehead atoms. The normalized spacial score (nSPS) is 11.7. The summed E-state index contributed by atoms with van der Waals surface area (Å²) in [6.45, 7) is 4.71. The number of carbonyl (C=O) groups excluding carboxylic acids is 5. The fourth-order valence-corrected chi connectivity index (χ4v) is 3.64. The highest BCUT2D eigenvalue weighted by molar-refractivity contribution is 5.98. The van der Waals surface area contributed by atoms with Crippen LogP contribution >= 0.6 is 0 Å². The standard InChI is InChI=1S/C29H36N2O7/c1-29(2,3)38-27(35)20-31(18-17-26(34)37-4)25(33)16-15-24(32)23(19-21-11-7-5-8-12-21)30-28(36)22-13-9-6-10-14-22/h5-14,23H,15-20H2,1-4H3,(H,30,36). The van der Waals surface area contributed by atoms with E-state index in [0.717, 1.165) is 5.56 Å². The van der Waals surface area contributed by atoms with Crippen LogP contribution in [0.25, 0.3) is 0 Å². The lowest BCUT2D eigenvalue weighted by Gasteiger charge is -2.25. The Hall–Kier alpha value is -4.01. The summed E-state index contributed by atoms with van der Waals surface area (Å²) in [5.74, 6) is -2.36. The highest BCUT2D eigenvalue weighted by Crippen LogP contribution is 2.12. The molecule has 2 amide bonds. The van der Waals surface area contributed by atoms with Crippen molar-refractivity contribution < 1.29 is 33.4 Å². The molecule has 2 aromatic rings. The van der Waals surface area contributed by atoms with Crippen molar-refractivity contribution in [1.82, 2.24) is 10.2 Å². The first-order valence-corrected chi connectivity index (χ1v) is 12.5. The fourth-order valence-electron chi connectivity index (χ4n) is 3.64. The Morgan fingerprint density at radius 2 is 1.45 bits per heavy atom. The Morgan fingerprint density at radius 1 is 0.842 bits per heavy atom. The first kappa shape index (κ1) is 30.2. The van der Waals surface area contributed by atoms with Gasteiger partial charge in [-0.1, -0.05) is 48.5 Å². The molecular formula is C29H36N2O7. The zero-order valence-electron chi connectivity index (χ0n) is 22.4. The molecule has 0 fully saturated rings. The zero-order chi connectivity index (χ0) is 28.1. The molecule has 1 N–H and O–H groups in total. The highest BCUT2D eigenvalue weighted by atomic mass is 16.6. The molecule has 204 valence electrons. The predicted octanol–water partition coefficient (Wildman–Crippen LogP) is 3.11. The molecule has 0 aliphatic carbocycles. The van der Waals surface area contributed by atoms with Crippen LogP contribution in [-0.4, -0.2) is 66.3 Å². The number of hydrogen-bond acceptors (Lipinski definition) is 7. The Bertz CT molecular complexity index is 1090. The predicted molar refractivity (Wildman–Crippen MR) is 141 cm³/mol. The molecule has 9 nitrogen and oxygen atoms in total. The van der Waals surface area contributed by atoms with Crippen molar-refractivity contribution in [3.05, 3.63) is 71.8 Å². The Morgan fingerprint density at radius 3 is 2.03 bits per heavy atom. The van der Waals surface area contributed by atoms with E-state index in [0.29, 0.717) is 5.56 Å². The third-order valence-corrected chi connectivity index (χ3v) is 5.50. The van der Waals surface area contributed by atoms with Gasteiger partial charge in [0.2, 0.25) is 5.91 Å². The van der Waals surface area contributed by atoms with Crippen molar-refractivity contribution >= 4 is 29.5 Å². The molecule has 1 atom stereocenters. The lowest BCUT2D eigenvalue weighted by atomic mass is 9.98. The van der Waals surface area contributed by atoms with E-state index in [1.807, 2.05) is 30.3 Å². The van der Waals surface area contributed by atoms with Crippen molar-refractivity contribution in [2.75, 3.05) is 20.2 Å². The number of hydrogen-bond donors (Lipinski definition) is 1. The van der Waals surface area contributed by atoms with Gasteiger partial charge in [0.05, 0.1) is 19.6 Å². The van der Waals surface area contributed by atoms with Crippen molar-refractivity contribution in [1.29, 1.82) is 0 Å². The second-order valence-electron chi connectivity index (χ2n) is 9.78. The van der Waals surface area contributed by atoms with Crippen LogP contribution in [0.15, 0.2) is 60.7 Å². The van der Waals surface area contributed by atoms with E-state index in [1.54, 1.807) is 51.1 Å². The molecule has 2 rings (SSSR count). The number of benzene rings is 2. The summed E-state index contributed by atoms with van der Waals surface area (Å²) in [6.07, 6.45) is -0.205. The molecule has 0 saturated carbocycles. The molecule has 0 saturated heterocycles. The molecular weight excluding hydrogens is 488 g/mol. The number of nitrogens with zero attached hydrogens (tertiary/aromatic N) is 1. The van der Waals surface area contributed by atoms with Gasteiger partial charge in [-0.2, -0.15) is 0 Å². The molecule has 1 unspecified atom stereocenters. The highest BCUT2D eigenvalue weighted by Gasteiger charge is 2.26. The summed E-state index contributed by atoms with van der Waals surface area (Å²) >= 11 is 0. The monoisotopic (exact) mass is 524 g/mol. The Labute approximate surface area is 223 Å². The second-order valence-corrected chi connectivity index (χ2v) is 9.78. The molecule has 9 heteroatoms. The zero-order valence-corrected chi connectivity index (χ0v) is 22.4. The quantitative estimate of drug-likeness (QED) is 0.400.